The third-order valence-electron chi connectivity index (χ3n) is 5.50. The van der Waals surface area contributed by atoms with Gasteiger partial charge in [-0.3, -0.25) is 9.59 Å². The first-order valence-electron chi connectivity index (χ1n) is 11.4. The predicted molar refractivity (Wildman–Crippen MR) is 139 cm³/mol. The van der Waals surface area contributed by atoms with Gasteiger partial charge in [0.25, 0.3) is 0 Å². The van der Waals surface area contributed by atoms with Crippen LogP contribution in [-0.4, -0.2) is 28.8 Å². The standard InChI is InChI=1S/C28H30Cl2N2O2/c1-19(2)31-28(34)26(15-21-9-5-4-6-10-21)32(18-23-12-13-24(29)17-25(23)30)27(33)16-22-11-7-8-20(3)14-22/h4-14,17,19,26H,15-16,18H2,1-3H3,(H,31,34)/t26-/m1/s1. The van der Waals surface area contributed by atoms with Crippen molar-refractivity contribution in [1.29, 1.82) is 0 Å². The van der Waals surface area contributed by atoms with Crippen LogP contribution in [0, 0.1) is 6.92 Å². The second kappa shape index (κ2) is 12.0. The van der Waals surface area contributed by atoms with Gasteiger partial charge in [-0.15, -0.1) is 0 Å². The minimum absolute atomic E-state index is 0.0568. The van der Waals surface area contributed by atoms with Crippen molar-refractivity contribution >= 4 is 35.0 Å². The molecule has 4 nitrogen and oxygen atoms in total. The monoisotopic (exact) mass is 496 g/mol. The van der Waals surface area contributed by atoms with Gasteiger partial charge in [0.15, 0.2) is 0 Å². The van der Waals surface area contributed by atoms with Crippen molar-refractivity contribution < 1.29 is 9.59 Å². The Kier molecular flexibility index (Phi) is 9.14. The molecule has 3 aromatic carbocycles. The first-order valence-corrected chi connectivity index (χ1v) is 12.1. The number of benzene rings is 3. The van der Waals surface area contributed by atoms with Crippen LogP contribution in [0.2, 0.25) is 10.0 Å². The third-order valence-corrected chi connectivity index (χ3v) is 6.08. The number of halogens is 2. The number of carbonyl (C=O) groups is 2. The topological polar surface area (TPSA) is 49.4 Å². The molecule has 0 bridgehead atoms. The molecule has 1 N–H and O–H groups in total. The molecular formula is C28H30Cl2N2O2. The van der Waals surface area contributed by atoms with Crippen LogP contribution in [0.1, 0.15) is 36.1 Å². The lowest BCUT2D eigenvalue weighted by atomic mass is 10.0. The van der Waals surface area contributed by atoms with E-state index >= 15 is 0 Å². The molecule has 0 radical (unpaired) electrons. The van der Waals surface area contributed by atoms with Crippen molar-refractivity contribution in [2.45, 2.75) is 52.2 Å². The van der Waals surface area contributed by atoms with Crippen LogP contribution in [-0.2, 0) is 29.0 Å². The fraction of sp³-hybridized carbons (Fsp3) is 0.286. The van der Waals surface area contributed by atoms with Crippen molar-refractivity contribution in [3.63, 3.8) is 0 Å². The molecule has 0 saturated carbocycles. The van der Waals surface area contributed by atoms with E-state index in [1.54, 1.807) is 23.1 Å². The van der Waals surface area contributed by atoms with Crippen LogP contribution in [0.3, 0.4) is 0 Å². The molecule has 0 aromatic heterocycles. The number of nitrogens with zero attached hydrogens (tertiary/aromatic N) is 1. The van der Waals surface area contributed by atoms with Gasteiger partial charge in [-0.2, -0.15) is 0 Å². The quantitative estimate of drug-likeness (QED) is 0.394. The molecule has 0 aliphatic rings. The van der Waals surface area contributed by atoms with Crippen LogP contribution in [0.5, 0.6) is 0 Å². The van der Waals surface area contributed by atoms with Crippen molar-refractivity contribution in [2.75, 3.05) is 0 Å². The fourth-order valence-electron chi connectivity index (χ4n) is 3.87. The SMILES string of the molecule is Cc1cccc(CC(=O)N(Cc2ccc(Cl)cc2Cl)[C@H](Cc2ccccc2)C(=O)NC(C)C)c1. The maximum absolute atomic E-state index is 13.7. The maximum atomic E-state index is 13.7. The summed E-state index contributed by atoms with van der Waals surface area (Å²) >= 11 is 12.6. The van der Waals surface area contributed by atoms with Crippen LogP contribution in [0.15, 0.2) is 72.8 Å². The Morgan fingerprint density at radius 1 is 0.912 bits per heavy atom. The van der Waals surface area contributed by atoms with E-state index in [4.69, 9.17) is 23.2 Å². The summed E-state index contributed by atoms with van der Waals surface area (Å²) in [7, 11) is 0. The Hall–Kier alpha value is -2.82. The summed E-state index contributed by atoms with van der Waals surface area (Å²) in [5.74, 6) is -0.335. The molecule has 0 fully saturated rings. The van der Waals surface area contributed by atoms with Gasteiger partial charge in [0.05, 0.1) is 6.42 Å². The van der Waals surface area contributed by atoms with Gasteiger partial charge in [-0.25, -0.2) is 0 Å². The van der Waals surface area contributed by atoms with Crippen LogP contribution in [0.25, 0.3) is 0 Å². The summed E-state index contributed by atoms with van der Waals surface area (Å²) in [6, 6.07) is 22.0. The summed E-state index contributed by atoms with van der Waals surface area (Å²) in [5.41, 5.74) is 3.69. The summed E-state index contributed by atoms with van der Waals surface area (Å²) in [6.07, 6.45) is 0.581. The first kappa shape index (κ1) is 25.8. The van der Waals surface area contributed by atoms with Gasteiger partial charge in [-0.05, 0) is 49.6 Å². The molecule has 0 unspecified atom stereocenters. The maximum Gasteiger partial charge on any atom is 0.243 e. The molecule has 34 heavy (non-hydrogen) atoms. The highest BCUT2D eigenvalue weighted by Crippen LogP contribution is 2.24. The van der Waals surface area contributed by atoms with Crippen molar-refractivity contribution in [2.24, 2.45) is 0 Å². The summed E-state index contributed by atoms with van der Waals surface area (Å²) < 4.78 is 0. The van der Waals surface area contributed by atoms with E-state index < -0.39 is 6.04 Å². The number of hydrogen-bond donors (Lipinski definition) is 1. The van der Waals surface area contributed by atoms with Crippen molar-refractivity contribution in [1.82, 2.24) is 10.2 Å². The van der Waals surface area contributed by atoms with Crippen molar-refractivity contribution in [3.8, 4) is 0 Å². The van der Waals surface area contributed by atoms with E-state index in [9.17, 15) is 9.59 Å². The molecular weight excluding hydrogens is 467 g/mol. The van der Waals surface area contributed by atoms with E-state index in [-0.39, 0.29) is 30.8 Å². The highest BCUT2D eigenvalue weighted by Gasteiger charge is 2.31. The summed E-state index contributed by atoms with van der Waals surface area (Å²) in [6.45, 7) is 6.01. The molecule has 0 spiro atoms. The number of nitrogens with one attached hydrogen (secondary N) is 1. The number of amides is 2. The number of hydrogen-bond acceptors (Lipinski definition) is 2. The minimum atomic E-state index is -0.700. The Labute approximate surface area is 211 Å². The number of rotatable bonds is 9. The number of carbonyl (C=O) groups excluding carboxylic acids is 2. The van der Waals surface area contributed by atoms with E-state index in [1.807, 2.05) is 75.4 Å². The van der Waals surface area contributed by atoms with E-state index in [1.165, 1.54) is 0 Å². The second-order valence-electron chi connectivity index (χ2n) is 8.79. The first-order chi connectivity index (χ1) is 16.2. The Morgan fingerprint density at radius 2 is 1.62 bits per heavy atom. The molecule has 0 aliphatic heterocycles. The molecule has 3 rings (SSSR count). The van der Waals surface area contributed by atoms with Gasteiger partial charge < -0.3 is 10.2 Å². The lowest BCUT2D eigenvalue weighted by Crippen LogP contribution is -2.52. The molecule has 0 aliphatic carbocycles. The van der Waals surface area contributed by atoms with Crippen molar-refractivity contribution in [3.05, 3.63) is 105 Å². The van der Waals surface area contributed by atoms with E-state index in [0.29, 0.717) is 16.5 Å². The highest BCUT2D eigenvalue weighted by molar-refractivity contribution is 6.35. The second-order valence-corrected chi connectivity index (χ2v) is 9.64. The van der Waals surface area contributed by atoms with Gasteiger partial charge in [0.2, 0.25) is 11.8 Å². The highest BCUT2D eigenvalue weighted by atomic mass is 35.5. The Bertz CT molecular complexity index is 1130. The minimum Gasteiger partial charge on any atom is -0.352 e. The zero-order valence-electron chi connectivity index (χ0n) is 19.7. The molecule has 0 heterocycles. The van der Waals surface area contributed by atoms with E-state index in [2.05, 4.69) is 5.32 Å². The molecule has 3 aromatic rings. The molecule has 2 amide bonds. The molecule has 1 atom stereocenters. The zero-order valence-corrected chi connectivity index (χ0v) is 21.2. The Balaban J connectivity index is 2.00. The Morgan fingerprint density at radius 3 is 2.26 bits per heavy atom. The largest absolute Gasteiger partial charge is 0.352 e. The third kappa shape index (κ3) is 7.34. The fourth-order valence-corrected chi connectivity index (χ4v) is 4.33. The van der Waals surface area contributed by atoms with Gasteiger partial charge >= 0.3 is 0 Å². The summed E-state index contributed by atoms with van der Waals surface area (Å²) in [5, 5.41) is 3.97. The summed E-state index contributed by atoms with van der Waals surface area (Å²) in [4.78, 5) is 28.7. The van der Waals surface area contributed by atoms with E-state index in [0.717, 1.165) is 22.3 Å². The molecule has 0 saturated heterocycles. The molecule has 178 valence electrons. The lowest BCUT2D eigenvalue weighted by molar-refractivity contribution is -0.141. The normalized spacial score (nSPS) is 11.8. The van der Waals surface area contributed by atoms with Crippen LogP contribution in [0.4, 0.5) is 0 Å². The lowest BCUT2D eigenvalue weighted by Gasteiger charge is -2.32. The van der Waals surface area contributed by atoms with Gasteiger partial charge in [0, 0.05) is 29.1 Å². The van der Waals surface area contributed by atoms with Crippen LogP contribution >= 0.6 is 23.2 Å². The van der Waals surface area contributed by atoms with Gasteiger partial charge in [-0.1, -0.05) is 89.4 Å². The number of aryl methyl sites for hydroxylation is 1. The van der Waals surface area contributed by atoms with Gasteiger partial charge in [0.1, 0.15) is 6.04 Å². The van der Waals surface area contributed by atoms with Crippen LogP contribution < -0.4 is 5.32 Å². The molecule has 6 heteroatoms. The average Bonchev–Trinajstić information content (AvgIpc) is 2.77. The predicted octanol–water partition coefficient (Wildman–Crippen LogP) is 6.01. The zero-order chi connectivity index (χ0) is 24.7. The smallest absolute Gasteiger partial charge is 0.243 e. The average molecular weight is 497 g/mol.